The Morgan fingerprint density at radius 1 is 1.35 bits per heavy atom. The Bertz CT molecular complexity index is 457. The highest BCUT2D eigenvalue weighted by molar-refractivity contribution is 7.72. The lowest BCUT2D eigenvalue weighted by atomic mass is 10.1. The van der Waals surface area contributed by atoms with Crippen molar-refractivity contribution in [3.8, 4) is 5.75 Å². The summed E-state index contributed by atoms with van der Waals surface area (Å²) in [5, 5.41) is 0. The summed E-state index contributed by atoms with van der Waals surface area (Å²) in [6.07, 6.45) is 0.178. The van der Waals surface area contributed by atoms with Crippen LogP contribution in [0.2, 0.25) is 0 Å². The fourth-order valence-corrected chi connectivity index (χ4v) is 2.27. The quantitative estimate of drug-likeness (QED) is 0.819. The molecule has 1 aliphatic rings. The van der Waals surface area contributed by atoms with Crippen molar-refractivity contribution in [2.75, 3.05) is 13.1 Å². The average molecular weight is 255 g/mol. The number of thiol groups is 1. The summed E-state index contributed by atoms with van der Waals surface area (Å²) in [5.74, 6) is 0.634. The molecule has 0 N–H and O–H groups in total. The zero-order chi connectivity index (χ0) is 12.4. The smallest absolute Gasteiger partial charge is 0.168 e. The van der Waals surface area contributed by atoms with Gasteiger partial charge in [-0.25, -0.2) is 8.42 Å². The van der Waals surface area contributed by atoms with Crippen LogP contribution >= 0.6 is 0 Å². The molecule has 1 saturated heterocycles. The molecule has 0 atom stereocenters. The SMILES string of the molecule is CC(C)N1CC(Oc2cccc([SH](=O)=O)c2)C1. The molecule has 1 aliphatic heterocycles. The van der Waals surface area contributed by atoms with Gasteiger partial charge in [-0.05, 0) is 32.0 Å². The van der Waals surface area contributed by atoms with Gasteiger partial charge in [0.2, 0.25) is 0 Å². The van der Waals surface area contributed by atoms with Gasteiger partial charge in [-0.3, -0.25) is 4.90 Å². The van der Waals surface area contributed by atoms with Gasteiger partial charge < -0.3 is 4.74 Å². The molecule has 1 aromatic carbocycles. The lowest BCUT2D eigenvalue weighted by molar-refractivity contribution is 0.0000374. The van der Waals surface area contributed by atoms with Crippen molar-refractivity contribution in [1.82, 2.24) is 4.90 Å². The second-order valence-electron chi connectivity index (χ2n) is 4.54. The molecule has 0 aromatic heterocycles. The first-order valence-electron chi connectivity index (χ1n) is 5.71. The molecule has 94 valence electrons. The minimum Gasteiger partial charge on any atom is -0.488 e. The number of ether oxygens (including phenoxy) is 1. The summed E-state index contributed by atoms with van der Waals surface area (Å²) in [6.45, 7) is 6.12. The molecular formula is C12H17NO3S. The Morgan fingerprint density at radius 3 is 2.65 bits per heavy atom. The van der Waals surface area contributed by atoms with E-state index in [1.165, 1.54) is 0 Å². The summed E-state index contributed by atoms with van der Waals surface area (Å²) < 4.78 is 27.4. The first kappa shape index (κ1) is 12.4. The van der Waals surface area contributed by atoms with Gasteiger partial charge >= 0.3 is 0 Å². The van der Waals surface area contributed by atoms with Gasteiger partial charge in [-0.1, -0.05) is 6.07 Å². The van der Waals surface area contributed by atoms with E-state index in [1.54, 1.807) is 24.3 Å². The van der Waals surface area contributed by atoms with Gasteiger partial charge in [0.05, 0.1) is 4.90 Å². The van der Waals surface area contributed by atoms with Crippen molar-refractivity contribution in [2.45, 2.75) is 30.9 Å². The van der Waals surface area contributed by atoms with Crippen LogP contribution in [0.3, 0.4) is 0 Å². The van der Waals surface area contributed by atoms with E-state index >= 15 is 0 Å². The third-order valence-corrected chi connectivity index (χ3v) is 3.64. The molecule has 5 heteroatoms. The first-order valence-corrected chi connectivity index (χ1v) is 6.89. The predicted molar refractivity (Wildman–Crippen MR) is 66.1 cm³/mol. The standard InChI is InChI=1S/C12H17NO3S/c1-9(2)13-7-11(8-13)16-10-4-3-5-12(6-10)17(14)15/h3-6,9,11,17H,7-8H2,1-2H3. The Balaban J connectivity index is 1.94. The fourth-order valence-electron chi connectivity index (χ4n) is 1.83. The second-order valence-corrected chi connectivity index (χ2v) is 5.57. The summed E-state index contributed by atoms with van der Waals surface area (Å²) in [7, 11) is -2.53. The van der Waals surface area contributed by atoms with E-state index in [1.807, 2.05) is 0 Å². The van der Waals surface area contributed by atoms with E-state index in [9.17, 15) is 8.42 Å². The molecule has 2 rings (SSSR count). The molecule has 1 aromatic rings. The van der Waals surface area contributed by atoms with Crippen LogP contribution in [0.15, 0.2) is 29.2 Å². The third-order valence-electron chi connectivity index (χ3n) is 2.94. The van der Waals surface area contributed by atoms with Crippen molar-refractivity contribution >= 4 is 10.7 Å². The number of hydrogen-bond donors (Lipinski definition) is 1. The van der Waals surface area contributed by atoms with Crippen LogP contribution in [0.4, 0.5) is 0 Å². The van der Waals surface area contributed by atoms with Crippen molar-refractivity contribution in [3.63, 3.8) is 0 Å². The summed E-state index contributed by atoms with van der Waals surface area (Å²) in [6, 6.07) is 7.18. The topological polar surface area (TPSA) is 46.6 Å². The van der Waals surface area contributed by atoms with Gasteiger partial charge in [0.1, 0.15) is 11.9 Å². The lowest BCUT2D eigenvalue weighted by Gasteiger charge is -2.41. The van der Waals surface area contributed by atoms with Gasteiger partial charge in [-0.15, -0.1) is 0 Å². The number of nitrogens with zero attached hydrogens (tertiary/aromatic N) is 1. The van der Waals surface area contributed by atoms with E-state index < -0.39 is 10.7 Å². The molecule has 0 radical (unpaired) electrons. The molecular weight excluding hydrogens is 238 g/mol. The lowest BCUT2D eigenvalue weighted by Crippen LogP contribution is -2.56. The molecule has 0 aliphatic carbocycles. The molecule has 4 nitrogen and oxygen atoms in total. The van der Waals surface area contributed by atoms with Crippen LogP contribution in [0, 0.1) is 0 Å². The number of hydrogen-bond acceptors (Lipinski definition) is 4. The van der Waals surface area contributed by atoms with Crippen LogP contribution in [-0.4, -0.2) is 38.6 Å². The minimum absolute atomic E-state index is 0.178. The van der Waals surface area contributed by atoms with Crippen molar-refractivity contribution < 1.29 is 13.2 Å². The molecule has 0 unspecified atom stereocenters. The van der Waals surface area contributed by atoms with Crippen LogP contribution in [0.1, 0.15) is 13.8 Å². The van der Waals surface area contributed by atoms with Gasteiger partial charge in [0.25, 0.3) is 0 Å². The van der Waals surface area contributed by atoms with Crippen LogP contribution < -0.4 is 4.74 Å². The zero-order valence-electron chi connectivity index (χ0n) is 10.00. The maximum absolute atomic E-state index is 10.8. The van der Waals surface area contributed by atoms with Crippen molar-refractivity contribution in [2.24, 2.45) is 0 Å². The minimum atomic E-state index is -2.53. The van der Waals surface area contributed by atoms with Crippen LogP contribution in [-0.2, 0) is 10.7 Å². The van der Waals surface area contributed by atoms with E-state index in [4.69, 9.17) is 4.74 Å². The second kappa shape index (κ2) is 5.06. The Kier molecular flexibility index (Phi) is 3.69. The van der Waals surface area contributed by atoms with E-state index in [-0.39, 0.29) is 6.10 Å². The highest BCUT2D eigenvalue weighted by Gasteiger charge is 2.29. The number of rotatable bonds is 4. The summed E-state index contributed by atoms with van der Waals surface area (Å²) in [4.78, 5) is 2.61. The zero-order valence-corrected chi connectivity index (χ0v) is 10.9. The van der Waals surface area contributed by atoms with Gasteiger partial charge in [-0.2, -0.15) is 0 Å². The first-order chi connectivity index (χ1) is 8.06. The largest absolute Gasteiger partial charge is 0.488 e. The maximum Gasteiger partial charge on any atom is 0.168 e. The van der Waals surface area contributed by atoms with E-state index in [2.05, 4.69) is 18.7 Å². The van der Waals surface area contributed by atoms with Gasteiger partial charge in [0, 0.05) is 19.1 Å². The molecule has 0 saturated carbocycles. The molecule has 0 bridgehead atoms. The highest BCUT2D eigenvalue weighted by Crippen LogP contribution is 2.21. The highest BCUT2D eigenvalue weighted by atomic mass is 32.2. The van der Waals surface area contributed by atoms with Crippen molar-refractivity contribution in [3.05, 3.63) is 24.3 Å². The molecule has 0 spiro atoms. The monoisotopic (exact) mass is 255 g/mol. The van der Waals surface area contributed by atoms with Crippen LogP contribution in [0.5, 0.6) is 5.75 Å². The predicted octanol–water partition coefficient (Wildman–Crippen LogP) is 1.13. The Hall–Kier alpha value is -1.07. The Labute approximate surface area is 103 Å². The van der Waals surface area contributed by atoms with E-state index in [0.717, 1.165) is 13.1 Å². The molecule has 17 heavy (non-hydrogen) atoms. The summed E-state index contributed by atoms with van der Waals surface area (Å²) >= 11 is 0. The Morgan fingerprint density at radius 2 is 2.06 bits per heavy atom. The normalized spacial score (nSPS) is 17.4. The van der Waals surface area contributed by atoms with Crippen LogP contribution in [0.25, 0.3) is 0 Å². The maximum atomic E-state index is 10.8. The van der Waals surface area contributed by atoms with Crippen molar-refractivity contribution in [1.29, 1.82) is 0 Å². The molecule has 0 amide bonds. The number of likely N-dealkylation sites (tertiary alicyclic amines) is 1. The fraction of sp³-hybridized carbons (Fsp3) is 0.500. The molecule has 1 heterocycles. The average Bonchev–Trinajstić information content (AvgIpc) is 2.22. The summed E-state index contributed by atoms with van der Waals surface area (Å²) in [5.41, 5.74) is 0. The van der Waals surface area contributed by atoms with Gasteiger partial charge in [0.15, 0.2) is 10.7 Å². The number of benzene rings is 1. The molecule has 1 fully saturated rings. The van der Waals surface area contributed by atoms with E-state index in [0.29, 0.717) is 16.7 Å². The third kappa shape index (κ3) is 2.98.